The Labute approximate surface area is 74.1 Å². The second-order valence-electron chi connectivity index (χ2n) is 2.77. The van der Waals surface area contributed by atoms with E-state index in [4.69, 9.17) is 0 Å². The van der Waals surface area contributed by atoms with Gasteiger partial charge in [-0.25, -0.2) is 0 Å². The van der Waals surface area contributed by atoms with E-state index in [0.717, 1.165) is 18.5 Å². The SMILES string of the molecule is C=CCCc1ccc(NC)cc1. The Balaban J connectivity index is 2.58. The van der Waals surface area contributed by atoms with Crippen molar-refractivity contribution in [1.29, 1.82) is 0 Å². The van der Waals surface area contributed by atoms with E-state index in [1.807, 2.05) is 13.1 Å². The van der Waals surface area contributed by atoms with E-state index in [1.54, 1.807) is 0 Å². The van der Waals surface area contributed by atoms with Gasteiger partial charge in [-0.15, -0.1) is 6.58 Å². The molecule has 0 radical (unpaired) electrons. The molecule has 0 saturated carbocycles. The summed E-state index contributed by atoms with van der Waals surface area (Å²) >= 11 is 0. The average molecular weight is 161 g/mol. The van der Waals surface area contributed by atoms with Crippen molar-refractivity contribution in [3.63, 3.8) is 0 Å². The highest BCUT2D eigenvalue weighted by Crippen LogP contribution is 2.09. The Kier molecular flexibility index (Phi) is 3.39. The Bertz CT molecular complexity index is 236. The molecule has 0 unspecified atom stereocenters. The van der Waals surface area contributed by atoms with Gasteiger partial charge in [0, 0.05) is 12.7 Å². The molecule has 1 aromatic carbocycles. The summed E-state index contributed by atoms with van der Waals surface area (Å²) in [6.45, 7) is 3.70. The minimum absolute atomic E-state index is 1.05. The van der Waals surface area contributed by atoms with E-state index in [1.165, 1.54) is 5.56 Å². The zero-order valence-corrected chi connectivity index (χ0v) is 7.51. The normalized spacial score (nSPS) is 9.42. The van der Waals surface area contributed by atoms with Gasteiger partial charge in [0.1, 0.15) is 0 Å². The van der Waals surface area contributed by atoms with Gasteiger partial charge in [-0.1, -0.05) is 18.2 Å². The van der Waals surface area contributed by atoms with E-state index in [-0.39, 0.29) is 0 Å². The number of rotatable bonds is 4. The first kappa shape index (κ1) is 8.85. The highest BCUT2D eigenvalue weighted by molar-refractivity contribution is 5.43. The maximum atomic E-state index is 3.70. The summed E-state index contributed by atoms with van der Waals surface area (Å²) in [7, 11) is 1.93. The molecule has 0 aromatic heterocycles. The molecule has 0 heterocycles. The van der Waals surface area contributed by atoms with Gasteiger partial charge < -0.3 is 5.32 Å². The van der Waals surface area contributed by atoms with Crippen molar-refractivity contribution in [2.45, 2.75) is 12.8 Å². The Morgan fingerprint density at radius 1 is 1.33 bits per heavy atom. The first-order valence-corrected chi connectivity index (χ1v) is 4.24. The second kappa shape index (κ2) is 4.60. The van der Waals surface area contributed by atoms with Crippen LogP contribution in [-0.4, -0.2) is 7.05 Å². The molecular weight excluding hydrogens is 146 g/mol. The predicted octanol–water partition coefficient (Wildman–Crippen LogP) is 2.85. The van der Waals surface area contributed by atoms with Crippen molar-refractivity contribution in [3.05, 3.63) is 42.5 Å². The minimum Gasteiger partial charge on any atom is -0.388 e. The lowest BCUT2D eigenvalue weighted by Gasteiger charge is -2.01. The van der Waals surface area contributed by atoms with E-state index >= 15 is 0 Å². The molecule has 0 amide bonds. The minimum atomic E-state index is 1.05. The van der Waals surface area contributed by atoms with E-state index in [0.29, 0.717) is 0 Å². The molecule has 1 heteroatoms. The van der Waals surface area contributed by atoms with Crippen LogP contribution < -0.4 is 5.32 Å². The zero-order chi connectivity index (χ0) is 8.81. The van der Waals surface area contributed by atoms with Crippen LogP contribution >= 0.6 is 0 Å². The smallest absolute Gasteiger partial charge is 0.0337 e. The lowest BCUT2D eigenvalue weighted by molar-refractivity contribution is 1.00. The summed E-state index contributed by atoms with van der Waals surface area (Å²) in [5, 5.41) is 3.09. The van der Waals surface area contributed by atoms with Crippen LogP contribution in [0.25, 0.3) is 0 Å². The highest BCUT2D eigenvalue weighted by atomic mass is 14.8. The highest BCUT2D eigenvalue weighted by Gasteiger charge is 1.90. The molecule has 1 nitrogen and oxygen atoms in total. The lowest BCUT2D eigenvalue weighted by Crippen LogP contribution is -1.88. The third-order valence-corrected chi connectivity index (χ3v) is 1.88. The van der Waals surface area contributed by atoms with Crippen LogP contribution in [0.15, 0.2) is 36.9 Å². The maximum absolute atomic E-state index is 3.70. The van der Waals surface area contributed by atoms with Crippen molar-refractivity contribution >= 4 is 5.69 Å². The van der Waals surface area contributed by atoms with Gasteiger partial charge in [-0.2, -0.15) is 0 Å². The van der Waals surface area contributed by atoms with Crippen LogP contribution in [0.2, 0.25) is 0 Å². The molecule has 1 N–H and O–H groups in total. The molecule has 0 fully saturated rings. The van der Waals surface area contributed by atoms with Gasteiger partial charge in [0.05, 0.1) is 0 Å². The number of anilines is 1. The molecule has 0 aliphatic carbocycles. The summed E-state index contributed by atoms with van der Waals surface area (Å²) < 4.78 is 0. The number of nitrogens with one attached hydrogen (secondary N) is 1. The third kappa shape index (κ3) is 2.42. The van der Waals surface area contributed by atoms with Gasteiger partial charge in [-0.05, 0) is 30.5 Å². The molecule has 0 aliphatic rings. The fraction of sp³-hybridized carbons (Fsp3) is 0.273. The number of aryl methyl sites for hydroxylation is 1. The fourth-order valence-corrected chi connectivity index (χ4v) is 1.11. The quantitative estimate of drug-likeness (QED) is 0.669. The van der Waals surface area contributed by atoms with Crippen LogP contribution in [0, 0.1) is 0 Å². The summed E-state index contributed by atoms with van der Waals surface area (Å²) in [4.78, 5) is 0. The van der Waals surface area contributed by atoms with E-state index in [2.05, 4.69) is 36.2 Å². The van der Waals surface area contributed by atoms with Gasteiger partial charge in [0.2, 0.25) is 0 Å². The third-order valence-electron chi connectivity index (χ3n) is 1.88. The molecule has 1 rings (SSSR count). The van der Waals surface area contributed by atoms with Crippen LogP contribution in [0.3, 0.4) is 0 Å². The Hall–Kier alpha value is -1.24. The van der Waals surface area contributed by atoms with Crippen LogP contribution in [0.1, 0.15) is 12.0 Å². The van der Waals surface area contributed by atoms with Gasteiger partial charge in [-0.3, -0.25) is 0 Å². The van der Waals surface area contributed by atoms with Crippen molar-refractivity contribution in [2.75, 3.05) is 12.4 Å². The van der Waals surface area contributed by atoms with Crippen LogP contribution in [-0.2, 0) is 6.42 Å². The first-order chi connectivity index (χ1) is 5.86. The molecule has 0 aliphatic heterocycles. The topological polar surface area (TPSA) is 12.0 Å². The molecule has 1 aromatic rings. The molecule has 64 valence electrons. The first-order valence-electron chi connectivity index (χ1n) is 4.24. The number of hydrogen-bond acceptors (Lipinski definition) is 1. The second-order valence-corrected chi connectivity index (χ2v) is 2.77. The van der Waals surface area contributed by atoms with Crippen LogP contribution in [0.4, 0.5) is 5.69 Å². The van der Waals surface area contributed by atoms with Crippen molar-refractivity contribution in [3.8, 4) is 0 Å². The van der Waals surface area contributed by atoms with Gasteiger partial charge in [0.15, 0.2) is 0 Å². The number of benzene rings is 1. The average Bonchev–Trinajstić information content (AvgIpc) is 2.15. The summed E-state index contributed by atoms with van der Waals surface area (Å²) in [5.41, 5.74) is 2.53. The number of hydrogen-bond donors (Lipinski definition) is 1. The Morgan fingerprint density at radius 2 is 2.00 bits per heavy atom. The van der Waals surface area contributed by atoms with Crippen LogP contribution in [0.5, 0.6) is 0 Å². The van der Waals surface area contributed by atoms with E-state index in [9.17, 15) is 0 Å². The molecule has 0 saturated heterocycles. The lowest BCUT2D eigenvalue weighted by atomic mass is 10.1. The van der Waals surface area contributed by atoms with Crippen molar-refractivity contribution < 1.29 is 0 Å². The van der Waals surface area contributed by atoms with Gasteiger partial charge in [0.25, 0.3) is 0 Å². The Morgan fingerprint density at radius 3 is 2.50 bits per heavy atom. The monoisotopic (exact) mass is 161 g/mol. The molecule has 0 spiro atoms. The largest absolute Gasteiger partial charge is 0.388 e. The molecule has 0 bridgehead atoms. The number of allylic oxidation sites excluding steroid dienone is 1. The molecule has 12 heavy (non-hydrogen) atoms. The van der Waals surface area contributed by atoms with E-state index < -0.39 is 0 Å². The molecular formula is C11H15N. The summed E-state index contributed by atoms with van der Waals surface area (Å²) in [5.74, 6) is 0. The zero-order valence-electron chi connectivity index (χ0n) is 7.51. The standard InChI is InChI=1S/C11H15N/c1-3-4-5-10-6-8-11(12-2)9-7-10/h3,6-9,12H,1,4-5H2,2H3. The fourth-order valence-electron chi connectivity index (χ4n) is 1.11. The maximum Gasteiger partial charge on any atom is 0.0337 e. The predicted molar refractivity (Wildman–Crippen MR) is 54.5 cm³/mol. The van der Waals surface area contributed by atoms with Crippen molar-refractivity contribution in [2.24, 2.45) is 0 Å². The van der Waals surface area contributed by atoms with Crippen molar-refractivity contribution in [1.82, 2.24) is 0 Å². The van der Waals surface area contributed by atoms with Gasteiger partial charge >= 0.3 is 0 Å². The molecule has 0 atom stereocenters. The summed E-state index contributed by atoms with van der Waals surface area (Å²) in [6, 6.07) is 8.49. The summed E-state index contributed by atoms with van der Waals surface area (Å²) in [6.07, 6.45) is 4.10.